The smallest absolute Gasteiger partial charge is 0.0206 e. The van der Waals surface area contributed by atoms with Gasteiger partial charge < -0.3 is 5.32 Å². The molecular weight excluding hydrogens is 238 g/mol. The normalized spacial score (nSPS) is 19.4. The average molecular weight is 257 g/mol. The van der Waals surface area contributed by atoms with Crippen molar-refractivity contribution < 1.29 is 0 Å². The van der Waals surface area contributed by atoms with Gasteiger partial charge in [-0.3, -0.25) is 0 Å². The van der Waals surface area contributed by atoms with Crippen molar-refractivity contribution in [2.45, 2.75) is 24.6 Å². The van der Waals surface area contributed by atoms with Crippen LogP contribution in [-0.4, -0.2) is 17.5 Å². The van der Waals surface area contributed by atoms with Crippen LogP contribution in [0, 0.1) is 0 Å². The fourth-order valence-electron chi connectivity index (χ4n) is 2.53. The Morgan fingerprint density at radius 2 is 2.00 bits per heavy atom. The molecule has 0 aliphatic carbocycles. The van der Waals surface area contributed by atoms with Crippen LogP contribution in [0.5, 0.6) is 0 Å². The van der Waals surface area contributed by atoms with Crippen LogP contribution in [0.2, 0.25) is 0 Å². The third-order valence-electron chi connectivity index (χ3n) is 3.54. The zero-order valence-corrected chi connectivity index (χ0v) is 11.4. The van der Waals surface area contributed by atoms with Crippen LogP contribution in [0.15, 0.2) is 42.5 Å². The lowest BCUT2D eigenvalue weighted by Crippen LogP contribution is -2.22. The van der Waals surface area contributed by atoms with E-state index in [2.05, 4.69) is 59.5 Å². The van der Waals surface area contributed by atoms with Crippen molar-refractivity contribution >= 4 is 22.5 Å². The molecule has 1 unspecified atom stereocenters. The number of benzene rings is 2. The van der Waals surface area contributed by atoms with Crippen molar-refractivity contribution in [3.05, 3.63) is 48.0 Å². The van der Waals surface area contributed by atoms with E-state index in [-0.39, 0.29) is 0 Å². The maximum absolute atomic E-state index is 3.59. The first-order chi connectivity index (χ1) is 8.92. The molecule has 0 bridgehead atoms. The standard InChI is InChI=1S/C16H19NS/c1-2-5-15-10-13(7-8-14(15)4-1)11-17-12-16-6-3-9-18-16/h1-2,4-5,7-8,10,16-17H,3,6,9,11-12H2. The molecular formula is C16H19NS. The number of hydrogen-bond donors (Lipinski definition) is 1. The molecule has 1 aliphatic heterocycles. The summed E-state index contributed by atoms with van der Waals surface area (Å²) in [5.74, 6) is 1.35. The molecule has 0 saturated carbocycles. The summed E-state index contributed by atoms with van der Waals surface area (Å²) in [5, 5.41) is 7.09. The molecule has 1 nitrogen and oxygen atoms in total. The summed E-state index contributed by atoms with van der Waals surface area (Å²) in [4.78, 5) is 0. The number of nitrogens with one attached hydrogen (secondary N) is 1. The molecule has 2 aromatic rings. The van der Waals surface area contributed by atoms with Gasteiger partial charge >= 0.3 is 0 Å². The van der Waals surface area contributed by atoms with Crippen molar-refractivity contribution in [3.63, 3.8) is 0 Å². The van der Waals surface area contributed by atoms with Crippen LogP contribution in [0.25, 0.3) is 10.8 Å². The Labute approximate surface area is 113 Å². The molecule has 1 aliphatic rings. The molecule has 1 atom stereocenters. The minimum absolute atomic E-state index is 0.838. The third kappa shape index (κ3) is 2.88. The molecule has 18 heavy (non-hydrogen) atoms. The lowest BCUT2D eigenvalue weighted by atomic mass is 10.1. The predicted octanol–water partition coefficient (Wildman–Crippen LogP) is 3.83. The first kappa shape index (κ1) is 12.1. The van der Waals surface area contributed by atoms with E-state index in [0.717, 1.165) is 18.3 Å². The lowest BCUT2D eigenvalue weighted by Gasteiger charge is -2.10. The second kappa shape index (κ2) is 5.77. The van der Waals surface area contributed by atoms with Gasteiger partial charge in [-0.1, -0.05) is 36.4 Å². The van der Waals surface area contributed by atoms with Gasteiger partial charge in [0.25, 0.3) is 0 Å². The molecule has 1 fully saturated rings. The van der Waals surface area contributed by atoms with E-state index in [0.29, 0.717) is 0 Å². The van der Waals surface area contributed by atoms with Crippen molar-refractivity contribution in [3.8, 4) is 0 Å². The summed E-state index contributed by atoms with van der Waals surface area (Å²) in [7, 11) is 0. The zero-order chi connectivity index (χ0) is 12.2. The Hall–Kier alpha value is -0.990. The maximum Gasteiger partial charge on any atom is 0.0206 e. The number of rotatable bonds is 4. The van der Waals surface area contributed by atoms with Gasteiger partial charge in [0.2, 0.25) is 0 Å². The van der Waals surface area contributed by atoms with Crippen molar-refractivity contribution in [2.75, 3.05) is 12.3 Å². The second-order valence-corrected chi connectivity index (χ2v) is 6.36. The molecule has 2 heteroatoms. The highest BCUT2D eigenvalue weighted by Crippen LogP contribution is 2.25. The van der Waals surface area contributed by atoms with Gasteiger partial charge in [0.05, 0.1) is 0 Å². The Morgan fingerprint density at radius 3 is 2.83 bits per heavy atom. The van der Waals surface area contributed by atoms with Gasteiger partial charge in [0, 0.05) is 18.3 Å². The van der Waals surface area contributed by atoms with Crippen LogP contribution in [-0.2, 0) is 6.54 Å². The van der Waals surface area contributed by atoms with Crippen molar-refractivity contribution in [1.82, 2.24) is 5.32 Å². The summed E-state index contributed by atoms with van der Waals surface area (Å²) in [6.07, 6.45) is 2.78. The van der Waals surface area contributed by atoms with Crippen LogP contribution in [0.1, 0.15) is 18.4 Å². The Kier molecular flexibility index (Phi) is 3.87. The molecule has 3 rings (SSSR count). The van der Waals surface area contributed by atoms with E-state index in [9.17, 15) is 0 Å². The highest BCUT2D eigenvalue weighted by Gasteiger charge is 2.14. The van der Waals surface area contributed by atoms with E-state index in [1.54, 1.807) is 0 Å². The zero-order valence-electron chi connectivity index (χ0n) is 10.6. The van der Waals surface area contributed by atoms with E-state index in [4.69, 9.17) is 0 Å². The third-order valence-corrected chi connectivity index (χ3v) is 4.94. The summed E-state index contributed by atoms with van der Waals surface area (Å²) in [6, 6.07) is 15.3. The minimum Gasteiger partial charge on any atom is -0.312 e. The topological polar surface area (TPSA) is 12.0 Å². The second-order valence-electron chi connectivity index (χ2n) is 4.95. The number of thioether (sulfide) groups is 1. The quantitative estimate of drug-likeness (QED) is 0.893. The van der Waals surface area contributed by atoms with E-state index < -0.39 is 0 Å². The lowest BCUT2D eigenvalue weighted by molar-refractivity contribution is 0.646. The molecule has 1 saturated heterocycles. The molecule has 1 N–H and O–H groups in total. The first-order valence-corrected chi connectivity index (χ1v) is 7.77. The van der Waals surface area contributed by atoms with E-state index in [1.807, 2.05) is 0 Å². The van der Waals surface area contributed by atoms with Crippen LogP contribution >= 0.6 is 11.8 Å². The summed E-state index contributed by atoms with van der Waals surface area (Å²) >= 11 is 2.12. The fourth-order valence-corrected chi connectivity index (χ4v) is 3.77. The molecule has 0 radical (unpaired) electrons. The number of hydrogen-bond acceptors (Lipinski definition) is 2. The first-order valence-electron chi connectivity index (χ1n) is 6.72. The fraction of sp³-hybridized carbons (Fsp3) is 0.375. The van der Waals surface area contributed by atoms with Crippen molar-refractivity contribution in [1.29, 1.82) is 0 Å². The molecule has 0 spiro atoms. The molecule has 0 aromatic heterocycles. The predicted molar refractivity (Wildman–Crippen MR) is 81.1 cm³/mol. The number of fused-ring (bicyclic) bond motifs is 1. The summed E-state index contributed by atoms with van der Waals surface area (Å²) < 4.78 is 0. The maximum atomic E-state index is 3.59. The van der Waals surface area contributed by atoms with Gasteiger partial charge in [0.1, 0.15) is 0 Å². The van der Waals surface area contributed by atoms with E-state index in [1.165, 1.54) is 34.9 Å². The molecule has 0 amide bonds. The van der Waals surface area contributed by atoms with E-state index >= 15 is 0 Å². The summed E-state index contributed by atoms with van der Waals surface area (Å²) in [6.45, 7) is 2.14. The Bertz CT molecular complexity index is 517. The van der Waals surface area contributed by atoms with Crippen LogP contribution in [0.3, 0.4) is 0 Å². The SMILES string of the molecule is c1ccc2cc(CNCC3CCCS3)ccc2c1. The average Bonchev–Trinajstić information content (AvgIpc) is 2.92. The van der Waals surface area contributed by atoms with Gasteiger partial charge in [0.15, 0.2) is 0 Å². The highest BCUT2D eigenvalue weighted by atomic mass is 32.2. The Balaban J connectivity index is 1.60. The van der Waals surface area contributed by atoms with Gasteiger partial charge in [-0.05, 0) is 41.0 Å². The molecule has 1 heterocycles. The summed E-state index contributed by atoms with van der Waals surface area (Å²) in [5.41, 5.74) is 1.39. The highest BCUT2D eigenvalue weighted by molar-refractivity contribution is 8.00. The molecule has 94 valence electrons. The van der Waals surface area contributed by atoms with Crippen LogP contribution in [0.4, 0.5) is 0 Å². The van der Waals surface area contributed by atoms with Gasteiger partial charge in [-0.25, -0.2) is 0 Å². The van der Waals surface area contributed by atoms with Crippen LogP contribution < -0.4 is 5.32 Å². The molecule has 2 aromatic carbocycles. The van der Waals surface area contributed by atoms with Crippen molar-refractivity contribution in [2.24, 2.45) is 0 Å². The minimum atomic E-state index is 0.838. The Morgan fingerprint density at radius 1 is 1.11 bits per heavy atom. The monoisotopic (exact) mass is 257 g/mol. The van der Waals surface area contributed by atoms with Gasteiger partial charge in [-0.2, -0.15) is 11.8 Å². The largest absolute Gasteiger partial charge is 0.312 e. The van der Waals surface area contributed by atoms with Gasteiger partial charge in [-0.15, -0.1) is 0 Å².